The summed E-state index contributed by atoms with van der Waals surface area (Å²) in [5.74, 6) is 0.156. The molecule has 0 spiro atoms. The molecule has 3 nitrogen and oxygen atoms in total. The summed E-state index contributed by atoms with van der Waals surface area (Å²) in [6, 6.07) is 2.18. The molecule has 0 aliphatic rings. The van der Waals surface area contributed by atoms with Crippen LogP contribution >= 0.6 is 0 Å². The van der Waals surface area contributed by atoms with Gasteiger partial charge in [0, 0.05) is 12.2 Å². The van der Waals surface area contributed by atoms with Gasteiger partial charge in [0.2, 0.25) is 0 Å². The van der Waals surface area contributed by atoms with Gasteiger partial charge in [0.25, 0.3) is 0 Å². The number of methoxy groups -OCH3 is 1. The van der Waals surface area contributed by atoms with Gasteiger partial charge < -0.3 is 9.30 Å². The van der Waals surface area contributed by atoms with Crippen molar-refractivity contribution in [3.63, 3.8) is 0 Å². The van der Waals surface area contributed by atoms with E-state index in [0.717, 1.165) is 0 Å². The Bertz CT molecular complexity index is 351. The SMILES string of the molecule is COC(=O)c1cc(C(C)C)cn1C(C)C. The van der Waals surface area contributed by atoms with Crippen molar-refractivity contribution in [2.24, 2.45) is 0 Å². The molecule has 15 heavy (non-hydrogen) atoms. The van der Waals surface area contributed by atoms with Crippen LogP contribution in [0.1, 0.15) is 55.7 Å². The molecular formula is C12H19NO2. The second-order valence-corrected chi connectivity index (χ2v) is 4.31. The van der Waals surface area contributed by atoms with E-state index in [9.17, 15) is 4.79 Å². The summed E-state index contributed by atoms with van der Waals surface area (Å²) in [4.78, 5) is 11.5. The predicted octanol–water partition coefficient (Wildman–Crippen LogP) is 2.98. The molecule has 1 rings (SSSR count). The summed E-state index contributed by atoms with van der Waals surface area (Å²) in [5, 5.41) is 0. The van der Waals surface area contributed by atoms with Gasteiger partial charge in [-0.25, -0.2) is 4.79 Å². The Kier molecular flexibility index (Phi) is 3.56. The molecule has 0 bridgehead atoms. The molecule has 0 saturated carbocycles. The monoisotopic (exact) mass is 209 g/mol. The zero-order chi connectivity index (χ0) is 11.6. The van der Waals surface area contributed by atoms with Gasteiger partial charge in [-0.05, 0) is 31.4 Å². The standard InChI is InChI=1S/C12H19NO2/c1-8(2)10-6-11(12(14)15-5)13(7-10)9(3)4/h6-9H,1-5H3. The second-order valence-electron chi connectivity index (χ2n) is 4.31. The van der Waals surface area contributed by atoms with Crippen molar-refractivity contribution in [2.75, 3.05) is 7.11 Å². The van der Waals surface area contributed by atoms with Crippen LogP contribution in [0.15, 0.2) is 12.3 Å². The highest BCUT2D eigenvalue weighted by Crippen LogP contribution is 2.21. The maximum absolute atomic E-state index is 11.5. The van der Waals surface area contributed by atoms with Gasteiger partial charge in [0.05, 0.1) is 7.11 Å². The molecule has 1 aromatic heterocycles. The maximum Gasteiger partial charge on any atom is 0.354 e. The Morgan fingerprint density at radius 2 is 1.93 bits per heavy atom. The van der Waals surface area contributed by atoms with Gasteiger partial charge in [-0.1, -0.05) is 13.8 Å². The van der Waals surface area contributed by atoms with Crippen LogP contribution in [-0.2, 0) is 4.74 Å². The Morgan fingerprint density at radius 1 is 1.33 bits per heavy atom. The van der Waals surface area contributed by atoms with Crippen LogP contribution in [0.25, 0.3) is 0 Å². The Balaban J connectivity index is 3.17. The van der Waals surface area contributed by atoms with Crippen molar-refractivity contribution in [1.82, 2.24) is 4.57 Å². The maximum atomic E-state index is 11.5. The number of hydrogen-bond acceptors (Lipinski definition) is 2. The Labute approximate surface area is 91.0 Å². The first-order valence-corrected chi connectivity index (χ1v) is 5.27. The normalized spacial score (nSPS) is 11.1. The topological polar surface area (TPSA) is 31.2 Å². The van der Waals surface area contributed by atoms with E-state index in [1.807, 2.05) is 16.8 Å². The van der Waals surface area contributed by atoms with E-state index in [2.05, 4.69) is 27.7 Å². The van der Waals surface area contributed by atoms with Crippen LogP contribution < -0.4 is 0 Å². The van der Waals surface area contributed by atoms with Crippen molar-refractivity contribution >= 4 is 5.97 Å². The van der Waals surface area contributed by atoms with Gasteiger partial charge in [0.1, 0.15) is 5.69 Å². The van der Waals surface area contributed by atoms with Crippen LogP contribution in [0.2, 0.25) is 0 Å². The fourth-order valence-corrected chi connectivity index (χ4v) is 1.51. The first-order valence-electron chi connectivity index (χ1n) is 5.27. The largest absolute Gasteiger partial charge is 0.464 e. The van der Waals surface area contributed by atoms with Crippen molar-refractivity contribution in [3.8, 4) is 0 Å². The lowest BCUT2D eigenvalue weighted by atomic mass is 10.1. The molecule has 1 heterocycles. The molecule has 84 valence electrons. The molecule has 0 amide bonds. The molecular weight excluding hydrogens is 190 g/mol. The van der Waals surface area contributed by atoms with Crippen LogP contribution in [0, 0.1) is 0 Å². The molecule has 0 N–H and O–H groups in total. The summed E-state index contributed by atoms with van der Waals surface area (Å²) in [7, 11) is 1.41. The summed E-state index contributed by atoms with van der Waals surface area (Å²) in [5.41, 5.74) is 1.81. The quantitative estimate of drug-likeness (QED) is 0.717. The minimum Gasteiger partial charge on any atom is -0.464 e. The Morgan fingerprint density at radius 3 is 2.33 bits per heavy atom. The molecule has 0 saturated heterocycles. The van der Waals surface area contributed by atoms with Gasteiger partial charge >= 0.3 is 5.97 Å². The lowest BCUT2D eigenvalue weighted by molar-refractivity contribution is 0.0586. The van der Waals surface area contributed by atoms with Crippen LogP contribution in [0.5, 0.6) is 0 Å². The van der Waals surface area contributed by atoms with Crippen molar-refractivity contribution in [2.45, 2.75) is 39.7 Å². The third-order valence-corrected chi connectivity index (χ3v) is 2.49. The second kappa shape index (κ2) is 4.51. The van der Waals surface area contributed by atoms with E-state index in [0.29, 0.717) is 11.6 Å². The zero-order valence-electron chi connectivity index (χ0n) is 10.1. The molecule has 0 aromatic carbocycles. The third kappa shape index (κ3) is 2.41. The molecule has 0 atom stereocenters. The average molecular weight is 209 g/mol. The number of rotatable bonds is 3. The van der Waals surface area contributed by atoms with Crippen molar-refractivity contribution in [3.05, 3.63) is 23.5 Å². The molecule has 0 aliphatic heterocycles. The highest BCUT2D eigenvalue weighted by molar-refractivity contribution is 5.88. The number of esters is 1. The number of hydrogen-bond donors (Lipinski definition) is 0. The number of carbonyl (C=O) groups is 1. The Hall–Kier alpha value is -1.25. The van der Waals surface area contributed by atoms with E-state index < -0.39 is 0 Å². The van der Waals surface area contributed by atoms with E-state index in [4.69, 9.17) is 4.74 Å². The van der Waals surface area contributed by atoms with Crippen LogP contribution in [0.3, 0.4) is 0 Å². The smallest absolute Gasteiger partial charge is 0.354 e. The summed E-state index contributed by atoms with van der Waals surface area (Å²) in [6.45, 7) is 8.33. The molecule has 0 unspecified atom stereocenters. The first kappa shape index (κ1) is 11.8. The van der Waals surface area contributed by atoms with Gasteiger partial charge in [-0.3, -0.25) is 0 Å². The molecule has 0 aliphatic carbocycles. The highest BCUT2D eigenvalue weighted by atomic mass is 16.5. The van der Waals surface area contributed by atoms with Gasteiger partial charge in [-0.15, -0.1) is 0 Å². The number of ether oxygens (including phenoxy) is 1. The first-order chi connectivity index (χ1) is 6.97. The molecule has 1 aromatic rings. The summed E-state index contributed by atoms with van der Waals surface area (Å²) < 4.78 is 6.72. The zero-order valence-corrected chi connectivity index (χ0v) is 10.1. The predicted molar refractivity (Wildman–Crippen MR) is 60.2 cm³/mol. The lowest BCUT2D eigenvalue weighted by Crippen LogP contribution is -2.11. The summed E-state index contributed by atoms with van der Waals surface area (Å²) in [6.07, 6.45) is 2.03. The minimum atomic E-state index is -0.268. The average Bonchev–Trinajstić information content (AvgIpc) is 2.61. The molecule has 0 fully saturated rings. The van der Waals surface area contributed by atoms with Crippen molar-refractivity contribution < 1.29 is 9.53 Å². The molecule has 0 radical (unpaired) electrons. The fourth-order valence-electron chi connectivity index (χ4n) is 1.51. The van der Waals surface area contributed by atoms with Crippen LogP contribution in [0.4, 0.5) is 0 Å². The molecule has 3 heteroatoms. The van der Waals surface area contributed by atoms with Crippen molar-refractivity contribution in [1.29, 1.82) is 0 Å². The highest BCUT2D eigenvalue weighted by Gasteiger charge is 2.16. The van der Waals surface area contributed by atoms with E-state index >= 15 is 0 Å². The number of carbonyl (C=O) groups excluding carboxylic acids is 1. The number of aromatic nitrogens is 1. The minimum absolute atomic E-state index is 0.268. The number of nitrogens with zero attached hydrogens (tertiary/aromatic N) is 1. The third-order valence-electron chi connectivity index (χ3n) is 2.49. The van der Waals surface area contributed by atoms with E-state index in [1.54, 1.807) is 0 Å². The van der Waals surface area contributed by atoms with Crippen LogP contribution in [-0.4, -0.2) is 17.6 Å². The fraction of sp³-hybridized carbons (Fsp3) is 0.583. The van der Waals surface area contributed by atoms with E-state index in [-0.39, 0.29) is 12.0 Å². The summed E-state index contributed by atoms with van der Waals surface area (Å²) >= 11 is 0. The van der Waals surface area contributed by atoms with Gasteiger partial charge in [-0.2, -0.15) is 0 Å². The lowest BCUT2D eigenvalue weighted by Gasteiger charge is -2.10. The van der Waals surface area contributed by atoms with E-state index in [1.165, 1.54) is 12.7 Å². The van der Waals surface area contributed by atoms with Gasteiger partial charge in [0.15, 0.2) is 0 Å².